The lowest BCUT2D eigenvalue weighted by atomic mass is 10.3. The molecule has 66 valence electrons. The van der Waals surface area contributed by atoms with Crippen molar-refractivity contribution in [2.24, 2.45) is 4.99 Å². The van der Waals surface area contributed by atoms with Crippen LogP contribution >= 0.6 is 0 Å². The molecule has 0 amide bonds. The van der Waals surface area contributed by atoms with E-state index in [4.69, 9.17) is 0 Å². The SMILES string of the molecule is c1cnc2c(n1)CN1CCCN=C21. The summed E-state index contributed by atoms with van der Waals surface area (Å²) < 4.78 is 0. The summed E-state index contributed by atoms with van der Waals surface area (Å²) in [6.07, 6.45) is 4.63. The molecule has 0 radical (unpaired) electrons. The van der Waals surface area contributed by atoms with Gasteiger partial charge in [-0.2, -0.15) is 0 Å². The Morgan fingerprint density at radius 2 is 2.15 bits per heavy atom. The standard InChI is InChI=1S/C9H10N4/c1-2-12-9-8-7(6-13(9)5-1)10-3-4-11-8/h3-4H,1-2,5-6H2. The van der Waals surface area contributed by atoms with Gasteiger partial charge in [0.05, 0.1) is 12.2 Å². The van der Waals surface area contributed by atoms with E-state index in [9.17, 15) is 0 Å². The van der Waals surface area contributed by atoms with Crippen LogP contribution in [0.15, 0.2) is 17.4 Å². The van der Waals surface area contributed by atoms with Gasteiger partial charge < -0.3 is 4.90 Å². The molecule has 3 rings (SSSR count). The normalized spacial score (nSPS) is 19.4. The zero-order valence-corrected chi connectivity index (χ0v) is 7.27. The number of hydrogen-bond acceptors (Lipinski definition) is 4. The van der Waals surface area contributed by atoms with Crippen LogP contribution in [0.2, 0.25) is 0 Å². The maximum Gasteiger partial charge on any atom is 0.152 e. The van der Waals surface area contributed by atoms with Crippen molar-refractivity contribution >= 4 is 5.84 Å². The fraction of sp³-hybridized carbons (Fsp3) is 0.444. The van der Waals surface area contributed by atoms with E-state index in [1.54, 1.807) is 12.4 Å². The fourth-order valence-electron chi connectivity index (χ4n) is 1.88. The topological polar surface area (TPSA) is 41.4 Å². The van der Waals surface area contributed by atoms with Crippen molar-refractivity contribution in [3.8, 4) is 0 Å². The highest BCUT2D eigenvalue weighted by Crippen LogP contribution is 2.21. The van der Waals surface area contributed by atoms with E-state index in [1.807, 2.05) is 0 Å². The number of aliphatic imine (C=N–C) groups is 1. The Labute approximate surface area is 76.3 Å². The smallest absolute Gasteiger partial charge is 0.152 e. The molecular weight excluding hydrogens is 164 g/mol. The van der Waals surface area contributed by atoms with Crippen molar-refractivity contribution in [1.82, 2.24) is 14.9 Å². The number of fused-ring (bicyclic) bond motifs is 3. The van der Waals surface area contributed by atoms with E-state index in [1.165, 1.54) is 0 Å². The summed E-state index contributed by atoms with van der Waals surface area (Å²) in [5.74, 6) is 1.05. The fourth-order valence-corrected chi connectivity index (χ4v) is 1.88. The second kappa shape index (κ2) is 2.52. The summed E-state index contributed by atoms with van der Waals surface area (Å²) in [5, 5.41) is 0. The highest BCUT2D eigenvalue weighted by molar-refractivity contribution is 6.00. The Morgan fingerprint density at radius 1 is 1.23 bits per heavy atom. The van der Waals surface area contributed by atoms with Crippen molar-refractivity contribution in [2.75, 3.05) is 13.1 Å². The molecule has 0 spiro atoms. The van der Waals surface area contributed by atoms with Crippen LogP contribution in [-0.2, 0) is 6.54 Å². The molecule has 2 aliphatic heterocycles. The lowest BCUT2D eigenvalue weighted by Crippen LogP contribution is -2.30. The van der Waals surface area contributed by atoms with Crippen molar-refractivity contribution < 1.29 is 0 Å². The second-order valence-electron chi connectivity index (χ2n) is 3.33. The minimum absolute atomic E-state index is 0.891. The van der Waals surface area contributed by atoms with Crippen LogP contribution in [0, 0.1) is 0 Å². The van der Waals surface area contributed by atoms with Crippen LogP contribution in [0.25, 0.3) is 0 Å². The first kappa shape index (κ1) is 7.00. The Kier molecular flexibility index (Phi) is 1.36. The largest absolute Gasteiger partial charge is 0.349 e. The third-order valence-electron chi connectivity index (χ3n) is 2.47. The third kappa shape index (κ3) is 0.946. The van der Waals surface area contributed by atoms with Gasteiger partial charge in [0.1, 0.15) is 5.69 Å². The molecule has 0 fully saturated rings. The molecule has 0 atom stereocenters. The summed E-state index contributed by atoms with van der Waals surface area (Å²) in [7, 11) is 0. The average Bonchev–Trinajstić information content (AvgIpc) is 2.56. The van der Waals surface area contributed by atoms with Gasteiger partial charge in [0.2, 0.25) is 0 Å². The maximum absolute atomic E-state index is 4.47. The van der Waals surface area contributed by atoms with E-state index in [0.29, 0.717) is 0 Å². The maximum atomic E-state index is 4.47. The van der Waals surface area contributed by atoms with Crippen molar-refractivity contribution in [3.63, 3.8) is 0 Å². The molecule has 0 bridgehead atoms. The number of nitrogens with zero attached hydrogens (tertiary/aromatic N) is 4. The van der Waals surface area contributed by atoms with Gasteiger partial charge in [0.25, 0.3) is 0 Å². The van der Waals surface area contributed by atoms with Gasteiger partial charge in [-0.15, -0.1) is 0 Å². The zero-order valence-electron chi connectivity index (χ0n) is 7.27. The van der Waals surface area contributed by atoms with E-state index in [0.717, 1.165) is 43.3 Å². The summed E-state index contributed by atoms with van der Waals surface area (Å²) >= 11 is 0. The molecular formula is C9H10N4. The molecule has 0 saturated carbocycles. The van der Waals surface area contributed by atoms with Gasteiger partial charge >= 0.3 is 0 Å². The van der Waals surface area contributed by atoms with Crippen molar-refractivity contribution in [2.45, 2.75) is 13.0 Å². The summed E-state index contributed by atoms with van der Waals surface area (Å²) in [6.45, 7) is 2.92. The molecule has 0 aliphatic carbocycles. The van der Waals surface area contributed by atoms with Crippen LogP contribution in [-0.4, -0.2) is 33.8 Å². The highest BCUT2D eigenvalue weighted by atomic mass is 15.2. The molecule has 3 heterocycles. The lowest BCUT2D eigenvalue weighted by molar-refractivity contribution is 0.402. The minimum atomic E-state index is 0.891. The molecule has 0 aromatic carbocycles. The van der Waals surface area contributed by atoms with Crippen LogP contribution in [0.3, 0.4) is 0 Å². The molecule has 1 aromatic heterocycles. The number of hydrogen-bond donors (Lipinski definition) is 0. The van der Waals surface area contributed by atoms with Crippen LogP contribution in [0.5, 0.6) is 0 Å². The lowest BCUT2D eigenvalue weighted by Gasteiger charge is -2.21. The van der Waals surface area contributed by atoms with E-state index >= 15 is 0 Å². The van der Waals surface area contributed by atoms with E-state index in [-0.39, 0.29) is 0 Å². The first-order valence-corrected chi connectivity index (χ1v) is 4.55. The summed E-state index contributed by atoms with van der Waals surface area (Å²) in [6, 6.07) is 0. The monoisotopic (exact) mass is 174 g/mol. The predicted octanol–water partition coefficient (Wildman–Crippen LogP) is 0.442. The van der Waals surface area contributed by atoms with Crippen molar-refractivity contribution in [1.29, 1.82) is 0 Å². The Bertz CT molecular complexity index is 372. The van der Waals surface area contributed by atoms with Gasteiger partial charge in [-0.1, -0.05) is 0 Å². The first-order chi connectivity index (χ1) is 6.45. The molecule has 13 heavy (non-hydrogen) atoms. The van der Waals surface area contributed by atoms with Crippen molar-refractivity contribution in [3.05, 3.63) is 23.8 Å². The Balaban J connectivity index is 2.13. The number of aromatic nitrogens is 2. The zero-order chi connectivity index (χ0) is 8.67. The molecule has 0 N–H and O–H groups in total. The van der Waals surface area contributed by atoms with Crippen LogP contribution in [0.4, 0.5) is 0 Å². The van der Waals surface area contributed by atoms with Gasteiger partial charge in [0, 0.05) is 25.5 Å². The molecule has 2 aliphatic rings. The molecule has 0 unspecified atom stereocenters. The molecule has 4 nitrogen and oxygen atoms in total. The first-order valence-electron chi connectivity index (χ1n) is 4.55. The quantitative estimate of drug-likeness (QED) is 0.573. The highest BCUT2D eigenvalue weighted by Gasteiger charge is 2.28. The Hall–Kier alpha value is -1.45. The van der Waals surface area contributed by atoms with Crippen LogP contribution < -0.4 is 0 Å². The van der Waals surface area contributed by atoms with E-state index < -0.39 is 0 Å². The van der Waals surface area contributed by atoms with Gasteiger partial charge in [-0.3, -0.25) is 9.98 Å². The Morgan fingerprint density at radius 3 is 3.15 bits per heavy atom. The number of rotatable bonds is 0. The predicted molar refractivity (Wildman–Crippen MR) is 48.5 cm³/mol. The molecule has 4 heteroatoms. The second-order valence-corrected chi connectivity index (χ2v) is 3.33. The van der Waals surface area contributed by atoms with Gasteiger partial charge in [0.15, 0.2) is 5.84 Å². The summed E-state index contributed by atoms with van der Waals surface area (Å²) in [4.78, 5) is 15.3. The summed E-state index contributed by atoms with van der Waals surface area (Å²) in [5.41, 5.74) is 2.06. The third-order valence-corrected chi connectivity index (χ3v) is 2.47. The minimum Gasteiger partial charge on any atom is -0.349 e. The van der Waals surface area contributed by atoms with Gasteiger partial charge in [-0.25, -0.2) is 4.98 Å². The van der Waals surface area contributed by atoms with Gasteiger partial charge in [-0.05, 0) is 6.42 Å². The van der Waals surface area contributed by atoms with E-state index in [2.05, 4.69) is 19.9 Å². The molecule has 0 saturated heterocycles. The molecule has 1 aromatic rings. The number of amidine groups is 1. The van der Waals surface area contributed by atoms with Crippen LogP contribution in [0.1, 0.15) is 17.8 Å². The average molecular weight is 174 g/mol.